The molecule has 11 nitrogen and oxygen atoms in total. The first-order valence-corrected chi connectivity index (χ1v) is 9.88. The molecule has 0 spiro atoms. The van der Waals surface area contributed by atoms with Crippen LogP contribution in [-0.4, -0.2) is 63.4 Å². The number of aliphatic carboxylic acids is 1. The number of oxime groups is 1. The number of carbonyl (C=O) groups excluding carboxylic acids is 2. The molecule has 1 aromatic rings. The fourth-order valence-electron chi connectivity index (χ4n) is 2.86. The van der Waals surface area contributed by atoms with Crippen LogP contribution in [0.5, 0.6) is 0 Å². The van der Waals surface area contributed by atoms with Crippen molar-refractivity contribution in [1.82, 2.24) is 15.2 Å². The Kier molecular flexibility index (Phi) is 5.85. The van der Waals surface area contributed by atoms with Crippen molar-refractivity contribution in [2.45, 2.75) is 12.1 Å². The smallest absolute Gasteiger partial charge is 0.353 e. The summed E-state index contributed by atoms with van der Waals surface area (Å²) in [6.45, 7) is 0. The number of hydrogen-bond donors (Lipinski definition) is 3. The first-order chi connectivity index (χ1) is 13.9. The van der Waals surface area contributed by atoms with Gasteiger partial charge in [-0.1, -0.05) is 5.16 Å². The quantitative estimate of drug-likeness (QED) is 0.239. The Balaban J connectivity index is 1.81. The predicted molar refractivity (Wildman–Crippen MR) is 105 cm³/mol. The molecule has 29 heavy (non-hydrogen) atoms. The number of β-lactam (4-membered cyclic amide) rings is 1. The minimum atomic E-state index is -1.29. The molecular weight excluding hydrogens is 420 g/mol. The van der Waals surface area contributed by atoms with Crippen LogP contribution in [0.4, 0.5) is 5.13 Å². The molecule has 1 fully saturated rings. The number of carboxylic acid groups (broad SMARTS) is 1. The van der Waals surface area contributed by atoms with Crippen molar-refractivity contribution in [3.8, 4) is 6.07 Å². The number of aromatic nitrogens is 1. The van der Waals surface area contributed by atoms with Crippen LogP contribution in [0.15, 0.2) is 33.3 Å². The van der Waals surface area contributed by atoms with Crippen molar-refractivity contribution in [3.63, 3.8) is 0 Å². The van der Waals surface area contributed by atoms with Gasteiger partial charge in [0, 0.05) is 22.1 Å². The summed E-state index contributed by atoms with van der Waals surface area (Å²) in [5, 5.41) is 26.1. The number of carbonyl (C=O) groups is 3. The average Bonchev–Trinajstić information content (AvgIpc) is 3.13. The molecule has 150 valence electrons. The van der Waals surface area contributed by atoms with Crippen LogP contribution in [0.2, 0.25) is 0 Å². The molecule has 13 heteroatoms. The van der Waals surface area contributed by atoms with E-state index in [1.807, 2.05) is 0 Å². The number of thioether (sulfide) groups is 1. The Labute approximate surface area is 172 Å². The number of nitrogen functional groups attached to an aromatic ring is 1. The number of thiazole rings is 1. The molecule has 0 aliphatic carbocycles. The summed E-state index contributed by atoms with van der Waals surface area (Å²) >= 11 is 2.30. The van der Waals surface area contributed by atoms with Crippen LogP contribution in [0.3, 0.4) is 0 Å². The molecular formula is C16H14N6O5S2. The van der Waals surface area contributed by atoms with Crippen molar-refractivity contribution in [3.05, 3.63) is 33.8 Å². The normalized spacial score (nSPS) is 21.4. The standard InChI is InChI=1S/C16H14N6O5S2/c1-27-21-10(7-5-29-16(18)19-7)13(23)20-11-8-6-28-9(3-2-4-17)12(15(25)26)22(8)14(11)24/h2-3,5,8,11H,6H2,1H3,(H2,18,19)(H,20,23)(H,25,26)/b3-2-,21-10-. The number of hydrogen-bond acceptors (Lipinski definition) is 10. The van der Waals surface area contributed by atoms with Crippen molar-refractivity contribution in [2.75, 3.05) is 18.6 Å². The molecule has 1 aromatic heterocycles. The zero-order valence-corrected chi connectivity index (χ0v) is 16.5. The van der Waals surface area contributed by atoms with E-state index in [0.29, 0.717) is 10.7 Å². The number of fused-ring (bicyclic) bond motifs is 1. The second-order valence-corrected chi connectivity index (χ2v) is 7.66. The Bertz CT molecular complexity index is 1010. The lowest BCUT2D eigenvalue weighted by molar-refractivity contribution is -0.153. The second-order valence-electron chi connectivity index (χ2n) is 5.71. The highest BCUT2D eigenvalue weighted by Gasteiger charge is 2.53. The summed E-state index contributed by atoms with van der Waals surface area (Å²) in [6.07, 6.45) is 2.49. The lowest BCUT2D eigenvalue weighted by atomic mass is 9.94. The maximum Gasteiger partial charge on any atom is 0.353 e. The topological polar surface area (TPSA) is 171 Å². The van der Waals surface area contributed by atoms with E-state index < -0.39 is 29.9 Å². The third kappa shape index (κ3) is 3.80. The molecule has 2 unspecified atom stereocenters. The van der Waals surface area contributed by atoms with Crippen LogP contribution in [0.1, 0.15) is 5.69 Å². The fourth-order valence-corrected chi connectivity index (χ4v) is 4.59. The Morgan fingerprint density at radius 1 is 1.59 bits per heavy atom. The van der Waals surface area contributed by atoms with Gasteiger partial charge in [-0.05, 0) is 6.08 Å². The zero-order chi connectivity index (χ0) is 21.1. The van der Waals surface area contributed by atoms with E-state index in [0.717, 1.165) is 22.3 Å². The van der Waals surface area contributed by atoms with Gasteiger partial charge in [0.2, 0.25) is 0 Å². The lowest BCUT2D eigenvalue weighted by Gasteiger charge is -2.49. The number of rotatable bonds is 6. The van der Waals surface area contributed by atoms with Crippen molar-refractivity contribution in [1.29, 1.82) is 5.26 Å². The molecule has 3 heterocycles. The highest BCUT2D eigenvalue weighted by molar-refractivity contribution is 8.03. The van der Waals surface area contributed by atoms with Gasteiger partial charge in [0.25, 0.3) is 11.8 Å². The first-order valence-electron chi connectivity index (χ1n) is 8.02. The number of nitrogens with zero attached hydrogens (tertiary/aromatic N) is 4. The summed E-state index contributed by atoms with van der Waals surface area (Å²) in [7, 11) is 1.26. The van der Waals surface area contributed by atoms with Gasteiger partial charge in [0.1, 0.15) is 24.5 Å². The minimum Gasteiger partial charge on any atom is -0.477 e. The van der Waals surface area contributed by atoms with Gasteiger partial charge in [-0.25, -0.2) is 9.78 Å². The summed E-state index contributed by atoms with van der Waals surface area (Å²) in [6, 6.07) is 0.309. The molecule has 4 N–H and O–H groups in total. The minimum absolute atomic E-state index is 0.151. The largest absolute Gasteiger partial charge is 0.477 e. The number of carboxylic acids is 1. The molecule has 1 saturated heterocycles. The van der Waals surface area contributed by atoms with E-state index in [2.05, 4.69) is 20.3 Å². The van der Waals surface area contributed by atoms with E-state index in [4.69, 9.17) is 11.0 Å². The SMILES string of the molecule is CO/N=C(\C(=O)NC1C(=O)N2C(C(=O)O)=C(/C=C\C#N)SCC12)c1csc(N)n1. The monoisotopic (exact) mass is 434 g/mol. The number of amides is 2. The summed E-state index contributed by atoms with van der Waals surface area (Å²) in [5.41, 5.74) is 5.41. The van der Waals surface area contributed by atoms with Crippen LogP contribution in [0, 0.1) is 11.3 Å². The molecule has 2 amide bonds. The summed E-state index contributed by atoms with van der Waals surface area (Å²) in [4.78, 5) is 47.0. The third-order valence-corrected chi connectivity index (χ3v) is 5.89. The van der Waals surface area contributed by atoms with Crippen LogP contribution >= 0.6 is 23.1 Å². The van der Waals surface area contributed by atoms with E-state index in [1.54, 1.807) is 6.07 Å². The summed E-state index contributed by atoms with van der Waals surface area (Å²) in [5.74, 6) is -2.22. The van der Waals surface area contributed by atoms with Gasteiger partial charge in [0.15, 0.2) is 10.8 Å². The lowest BCUT2D eigenvalue weighted by Crippen LogP contribution is -2.72. The van der Waals surface area contributed by atoms with E-state index in [1.165, 1.54) is 30.3 Å². The fraction of sp³-hybridized carbons (Fsp3) is 0.250. The average molecular weight is 434 g/mol. The van der Waals surface area contributed by atoms with Crippen molar-refractivity contribution >= 4 is 51.7 Å². The molecule has 0 radical (unpaired) electrons. The number of allylic oxidation sites excluding steroid dienone is 2. The van der Waals surface area contributed by atoms with Gasteiger partial charge in [-0.2, -0.15) is 5.26 Å². The highest BCUT2D eigenvalue weighted by Crippen LogP contribution is 2.39. The third-order valence-electron chi connectivity index (χ3n) is 4.06. The predicted octanol–water partition coefficient (Wildman–Crippen LogP) is -0.106. The van der Waals surface area contributed by atoms with Crippen LogP contribution in [0.25, 0.3) is 0 Å². The van der Waals surface area contributed by atoms with Crippen LogP contribution in [-0.2, 0) is 19.2 Å². The van der Waals surface area contributed by atoms with E-state index in [9.17, 15) is 19.5 Å². The zero-order valence-electron chi connectivity index (χ0n) is 14.9. The number of nitriles is 1. The maximum absolute atomic E-state index is 12.6. The van der Waals surface area contributed by atoms with Gasteiger partial charge >= 0.3 is 5.97 Å². The molecule has 2 aliphatic heterocycles. The molecule has 0 aromatic carbocycles. The maximum atomic E-state index is 12.6. The van der Waals surface area contributed by atoms with E-state index >= 15 is 0 Å². The molecule has 2 aliphatic rings. The Morgan fingerprint density at radius 2 is 2.34 bits per heavy atom. The highest BCUT2D eigenvalue weighted by atomic mass is 32.2. The van der Waals surface area contributed by atoms with Crippen LogP contribution < -0.4 is 11.1 Å². The molecule has 2 atom stereocenters. The summed E-state index contributed by atoms with van der Waals surface area (Å²) < 4.78 is 0. The van der Waals surface area contributed by atoms with Crippen molar-refractivity contribution < 1.29 is 24.3 Å². The Morgan fingerprint density at radius 3 is 2.93 bits per heavy atom. The first kappa shape index (κ1) is 20.4. The number of nitrogens with two attached hydrogens (primary N) is 1. The van der Waals surface area contributed by atoms with Gasteiger partial charge in [-0.3, -0.25) is 14.5 Å². The molecule has 3 rings (SSSR count). The van der Waals surface area contributed by atoms with Gasteiger partial charge in [0.05, 0.1) is 12.1 Å². The molecule has 0 bridgehead atoms. The van der Waals surface area contributed by atoms with Gasteiger partial charge in [-0.15, -0.1) is 23.1 Å². The van der Waals surface area contributed by atoms with E-state index in [-0.39, 0.29) is 22.2 Å². The van der Waals surface area contributed by atoms with Crippen molar-refractivity contribution in [2.24, 2.45) is 5.16 Å². The second kappa shape index (κ2) is 8.33. The van der Waals surface area contributed by atoms with Gasteiger partial charge < -0.3 is 21.0 Å². The number of anilines is 1. The Hall–Kier alpha value is -3.37. The number of nitrogens with one attached hydrogen (secondary N) is 1. The molecule has 0 saturated carbocycles.